The number of hydrogen-bond donors (Lipinski definition) is 1. The first-order chi connectivity index (χ1) is 7.24. The fraction of sp³-hybridized carbons (Fsp3) is 0.111. The Balaban J connectivity index is 1.96. The van der Waals surface area contributed by atoms with Gasteiger partial charge in [-0.25, -0.2) is 9.97 Å². The van der Waals surface area contributed by atoms with Crippen LogP contribution in [0.3, 0.4) is 0 Å². The Bertz CT molecular complexity index is 443. The maximum Gasteiger partial charge on any atom is 0.113 e. The monoisotopic (exact) mass is 303 g/mol. The van der Waals surface area contributed by atoms with Gasteiger partial charge in [-0.05, 0) is 28.1 Å². The Labute approximate surface area is 105 Å². The normalized spacial score (nSPS) is 10.3. The number of anilines is 1. The third kappa shape index (κ3) is 3.15. The van der Waals surface area contributed by atoms with Crippen molar-refractivity contribution in [2.75, 3.05) is 5.32 Å². The Morgan fingerprint density at radius 2 is 2.20 bits per heavy atom. The van der Waals surface area contributed by atoms with E-state index in [1.165, 1.54) is 11.3 Å². The molecule has 0 aliphatic rings. The molecule has 2 rings (SSSR count). The summed E-state index contributed by atoms with van der Waals surface area (Å²) < 4.78 is 1.53. The lowest BCUT2D eigenvalue weighted by atomic mass is 10.4. The van der Waals surface area contributed by atoms with Crippen LogP contribution in [0.25, 0.3) is 0 Å². The third-order valence-corrected chi connectivity index (χ3v) is 3.28. The molecule has 0 radical (unpaired) electrons. The second kappa shape index (κ2) is 4.92. The molecule has 2 aromatic rings. The number of nitrogens with one attached hydrogen (secondary N) is 1. The highest BCUT2D eigenvalue weighted by atomic mass is 79.9. The van der Waals surface area contributed by atoms with Gasteiger partial charge in [-0.2, -0.15) is 0 Å². The van der Waals surface area contributed by atoms with Gasteiger partial charge in [-0.15, -0.1) is 11.3 Å². The van der Waals surface area contributed by atoms with E-state index < -0.39 is 0 Å². The predicted octanol–water partition coefficient (Wildman–Crippen LogP) is 3.57. The van der Waals surface area contributed by atoms with Crippen LogP contribution in [0.5, 0.6) is 0 Å². The second-order valence-electron chi connectivity index (χ2n) is 2.78. The molecule has 0 aliphatic carbocycles. The first-order valence-electron chi connectivity index (χ1n) is 4.19. The predicted molar refractivity (Wildman–Crippen MR) is 66.4 cm³/mol. The standard InChI is InChI=1S/C9H7BrClN3S/c10-7-2-1-6(3-13-7)12-5-9-14-4-8(11)15-9/h1-4,12H,5H2. The van der Waals surface area contributed by atoms with Gasteiger partial charge >= 0.3 is 0 Å². The first kappa shape index (κ1) is 10.9. The molecule has 0 aliphatic heterocycles. The number of rotatable bonds is 3. The minimum absolute atomic E-state index is 0.667. The maximum absolute atomic E-state index is 5.77. The van der Waals surface area contributed by atoms with Gasteiger partial charge in [0.05, 0.1) is 24.6 Å². The highest BCUT2D eigenvalue weighted by molar-refractivity contribution is 9.10. The quantitative estimate of drug-likeness (QED) is 0.881. The van der Waals surface area contributed by atoms with E-state index in [1.807, 2.05) is 12.1 Å². The fourth-order valence-corrected chi connectivity index (χ4v) is 2.16. The van der Waals surface area contributed by atoms with Gasteiger partial charge < -0.3 is 5.32 Å². The van der Waals surface area contributed by atoms with Crippen molar-refractivity contribution in [2.24, 2.45) is 0 Å². The van der Waals surface area contributed by atoms with Gasteiger partial charge in [0.2, 0.25) is 0 Å². The molecule has 0 amide bonds. The van der Waals surface area contributed by atoms with E-state index in [-0.39, 0.29) is 0 Å². The average molecular weight is 305 g/mol. The van der Waals surface area contributed by atoms with Crippen molar-refractivity contribution in [3.05, 3.63) is 38.5 Å². The lowest BCUT2D eigenvalue weighted by Gasteiger charge is -2.02. The number of thiazole rings is 1. The van der Waals surface area contributed by atoms with Gasteiger partial charge in [0.15, 0.2) is 0 Å². The summed E-state index contributed by atoms with van der Waals surface area (Å²) >= 11 is 10.5. The summed E-state index contributed by atoms with van der Waals surface area (Å²) in [6.45, 7) is 0.667. The van der Waals surface area contributed by atoms with Crippen LogP contribution < -0.4 is 5.32 Å². The number of aromatic nitrogens is 2. The van der Waals surface area contributed by atoms with Crippen LogP contribution in [0.2, 0.25) is 4.34 Å². The van der Waals surface area contributed by atoms with E-state index in [9.17, 15) is 0 Å². The lowest BCUT2D eigenvalue weighted by Crippen LogP contribution is -1.98. The van der Waals surface area contributed by atoms with E-state index in [0.29, 0.717) is 10.9 Å². The van der Waals surface area contributed by atoms with E-state index in [2.05, 4.69) is 31.2 Å². The van der Waals surface area contributed by atoms with Crippen LogP contribution >= 0.6 is 38.9 Å². The molecule has 0 bridgehead atoms. The highest BCUT2D eigenvalue weighted by Crippen LogP contribution is 2.19. The second-order valence-corrected chi connectivity index (χ2v) is 5.34. The molecule has 0 atom stereocenters. The van der Waals surface area contributed by atoms with Crippen molar-refractivity contribution < 1.29 is 0 Å². The van der Waals surface area contributed by atoms with E-state index in [4.69, 9.17) is 11.6 Å². The molecular formula is C9H7BrClN3S. The molecule has 78 valence electrons. The van der Waals surface area contributed by atoms with Crippen molar-refractivity contribution in [3.8, 4) is 0 Å². The fourth-order valence-electron chi connectivity index (χ4n) is 1.03. The van der Waals surface area contributed by atoms with Crippen molar-refractivity contribution in [1.82, 2.24) is 9.97 Å². The molecule has 3 nitrogen and oxygen atoms in total. The van der Waals surface area contributed by atoms with Gasteiger partial charge in [-0.3, -0.25) is 0 Å². The smallest absolute Gasteiger partial charge is 0.113 e. The summed E-state index contributed by atoms with van der Waals surface area (Å²) in [6, 6.07) is 3.84. The summed E-state index contributed by atoms with van der Waals surface area (Å²) in [5, 5.41) is 4.17. The molecule has 0 unspecified atom stereocenters. The van der Waals surface area contributed by atoms with Crippen LogP contribution in [0.15, 0.2) is 29.1 Å². The van der Waals surface area contributed by atoms with Gasteiger partial charge in [0.1, 0.15) is 13.9 Å². The Morgan fingerprint density at radius 1 is 1.33 bits per heavy atom. The van der Waals surface area contributed by atoms with Crippen molar-refractivity contribution in [1.29, 1.82) is 0 Å². The highest BCUT2D eigenvalue weighted by Gasteiger charge is 1.99. The zero-order valence-corrected chi connectivity index (χ0v) is 10.7. The maximum atomic E-state index is 5.77. The van der Waals surface area contributed by atoms with E-state index in [1.54, 1.807) is 12.4 Å². The van der Waals surface area contributed by atoms with Crippen LogP contribution in [-0.4, -0.2) is 9.97 Å². The minimum Gasteiger partial charge on any atom is -0.377 e. The third-order valence-electron chi connectivity index (χ3n) is 1.70. The lowest BCUT2D eigenvalue weighted by molar-refractivity contribution is 1.09. The van der Waals surface area contributed by atoms with Crippen LogP contribution in [0, 0.1) is 0 Å². The molecule has 0 fully saturated rings. The number of pyridine rings is 1. The Kier molecular flexibility index (Phi) is 3.56. The summed E-state index contributed by atoms with van der Waals surface area (Å²) in [7, 11) is 0. The molecule has 1 N–H and O–H groups in total. The summed E-state index contributed by atoms with van der Waals surface area (Å²) in [5.41, 5.74) is 0.963. The van der Waals surface area contributed by atoms with Gasteiger partial charge in [0, 0.05) is 0 Å². The summed E-state index contributed by atoms with van der Waals surface area (Å²) in [4.78, 5) is 8.25. The topological polar surface area (TPSA) is 37.8 Å². The van der Waals surface area contributed by atoms with Crippen LogP contribution in [0.4, 0.5) is 5.69 Å². The van der Waals surface area contributed by atoms with E-state index in [0.717, 1.165) is 15.3 Å². The molecule has 2 aromatic heterocycles. The minimum atomic E-state index is 0.667. The number of halogens is 2. The molecule has 15 heavy (non-hydrogen) atoms. The number of hydrogen-bond acceptors (Lipinski definition) is 4. The molecular weight excluding hydrogens is 298 g/mol. The first-order valence-corrected chi connectivity index (χ1v) is 6.18. The Hall–Kier alpha value is -0.650. The summed E-state index contributed by atoms with van der Waals surface area (Å²) in [6.07, 6.45) is 3.42. The molecule has 6 heteroatoms. The van der Waals surface area contributed by atoms with Crippen molar-refractivity contribution in [2.45, 2.75) is 6.54 Å². The molecule has 0 spiro atoms. The molecule has 0 saturated heterocycles. The van der Waals surface area contributed by atoms with Gasteiger partial charge in [0.25, 0.3) is 0 Å². The van der Waals surface area contributed by atoms with Gasteiger partial charge in [-0.1, -0.05) is 11.6 Å². The zero-order valence-electron chi connectivity index (χ0n) is 7.58. The molecule has 0 saturated carbocycles. The van der Waals surface area contributed by atoms with Crippen molar-refractivity contribution >= 4 is 44.6 Å². The Morgan fingerprint density at radius 3 is 2.80 bits per heavy atom. The largest absolute Gasteiger partial charge is 0.377 e. The zero-order chi connectivity index (χ0) is 10.7. The van der Waals surface area contributed by atoms with Crippen LogP contribution in [-0.2, 0) is 6.54 Å². The van der Waals surface area contributed by atoms with Crippen molar-refractivity contribution in [3.63, 3.8) is 0 Å². The molecule has 2 heterocycles. The summed E-state index contributed by atoms with van der Waals surface area (Å²) in [5.74, 6) is 0. The molecule has 0 aromatic carbocycles. The SMILES string of the molecule is Clc1cnc(CNc2ccc(Br)nc2)s1. The number of nitrogens with zero attached hydrogens (tertiary/aromatic N) is 2. The van der Waals surface area contributed by atoms with E-state index >= 15 is 0 Å². The average Bonchev–Trinajstić information content (AvgIpc) is 2.64. The van der Waals surface area contributed by atoms with Crippen LogP contribution in [0.1, 0.15) is 5.01 Å².